The van der Waals surface area contributed by atoms with Gasteiger partial charge in [-0.15, -0.1) is 11.8 Å². The monoisotopic (exact) mass is 242 g/mol. The second-order valence-electron chi connectivity index (χ2n) is 3.14. The lowest BCUT2D eigenvalue weighted by atomic mass is 10.3. The van der Waals surface area contributed by atoms with E-state index in [0.29, 0.717) is 17.1 Å². The predicted molar refractivity (Wildman–Crippen MR) is 61.6 cm³/mol. The highest BCUT2D eigenvalue weighted by Crippen LogP contribution is 2.24. The molecule has 0 aliphatic rings. The molecule has 88 valence electrons. The van der Waals surface area contributed by atoms with E-state index in [-0.39, 0.29) is 17.7 Å². The molecule has 0 amide bonds. The first kappa shape index (κ1) is 12.7. The lowest BCUT2D eigenvalue weighted by Crippen LogP contribution is -2.17. The minimum Gasteiger partial charge on any atom is -0.409 e. The molecule has 1 unspecified atom stereocenters. The van der Waals surface area contributed by atoms with E-state index in [2.05, 4.69) is 15.1 Å². The number of hydrogen-bond donors (Lipinski definition) is 3. The van der Waals surface area contributed by atoms with Crippen molar-refractivity contribution in [2.45, 2.75) is 23.6 Å². The second-order valence-corrected chi connectivity index (χ2v) is 4.56. The van der Waals surface area contributed by atoms with Crippen LogP contribution in [-0.4, -0.2) is 38.0 Å². The van der Waals surface area contributed by atoms with Crippen molar-refractivity contribution in [3.63, 3.8) is 0 Å². The summed E-state index contributed by atoms with van der Waals surface area (Å²) in [6, 6.07) is 0. The summed E-state index contributed by atoms with van der Waals surface area (Å²) in [5.41, 5.74) is 5.84. The van der Waals surface area contributed by atoms with Crippen molar-refractivity contribution in [2.75, 3.05) is 6.61 Å². The van der Waals surface area contributed by atoms with Gasteiger partial charge in [-0.3, -0.25) is 0 Å². The molecule has 0 spiro atoms. The van der Waals surface area contributed by atoms with Gasteiger partial charge in [-0.2, -0.15) is 0 Å². The van der Waals surface area contributed by atoms with Gasteiger partial charge in [0.1, 0.15) is 10.7 Å². The third kappa shape index (κ3) is 3.35. The Bertz CT molecular complexity index is 372. The minimum absolute atomic E-state index is 0.0631. The summed E-state index contributed by atoms with van der Waals surface area (Å²) in [5, 5.41) is 21.1. The molecule has 1 aromatic rings. The Hall–Kier alpha value is -1.34. The maximum atomic E-state index is 8.80. The van der Waals surface area contributed by atoms with E-state index in [1.807, 2.05) is 6.92 Å². The summed E-state index contributed by atoms with van der Waals surface area (Å²) in [4.78, 5) is 8.12. The highest BCUT2D eigenvalue weighted by atomic mass is 32.2. The van der Waals surface area contributed by atoms with Crippen molar-refractivity contribution in [1.29, 1.82) is 0 Å². The Morgan fingerprint density at radius 3 is 2.88 bits per heavy atom. The molecule has 0 fully saturated rings. The average Bonchev–Trinajstić information content (AvgIpc) is 2.29. The molecule has 0 saturated heterocycles. The predicted octanol–water partition coefficient (Wildman–Crippen LogP) is 0.434. The van der Waals surface area contributed by atoms with Crippen LogP contribution in [0.15, 0.2) is 22.6 Å². The van der Waals surface area contributed by atoms with Gasteiger partial charge < -0.3 is 16.0 Å². The van der Waals surface area contributed by atoms with Crippen LogP contribution in [0.25, 0.3) is 0 Å². The molecule has 1 rings (SSSR count). The number of nitrogens with two attached hydrogens (primary N) is 1. The van der Waals surface area contributed by atoms with E-state index in [4.69, 9.17) is 16.0 Å². The number of amidine groups is 1. The van der Waals surface area contributed by atoms with Gasteiger partial charge in [-0.1, -0.05) is 12.1 Å². The van der Waals surface area contributed by atoms with E-state index in [1.165, 1.54) is 18.0 Å². The molecule has 0 radical (unpaired) electrons. The van der Waals surface area contributed by atoms with Crippen LogP contribution in [0, 0.1) is 0 Å². The number of aliphatic hydroxyl groups is 1. The molecule has 4 N–H and O–H groups in total. The highest BCUT2D eigenvalue weighted by molar-refractivity contribution is 7.99. The average molecular weight is 242 g/mol. The zero-order valence-electron chi connectivity index (χ0n) is 8.87. The Morgan fingerprint density at radius 1 is 1.56 bits per heavy atom. The van der Waals surface area contributed by atoms with Gasteiger partial charge in [0.05, 0.1) is 0 Å². The Morgan fingerprint density at radius 2 is 2.25 bits per heavy atom. The smallest absolute Gasteiger partial charge is 0.191 e. The second kappa shape index (κ2) is 6.29. The molecular weight excluding hydrogens is 228 g/mol. The summed E-state index contributed by atoms with van der Waals surface area (Å²) >= 11 is 1.43. The zero-order chi connectivity index (χ0) is 12.0. The van der Waals surface area contributed by atoms with Gasteiger partial charge in [0.25, 0.3) is 0 Å². The summed E-state index contributed by atoms with van der Waals surface area (Å²) in [7, 11) is 0. The summed E-state index contributed by atoms with van der Waals surface area (Å²) < 4.78 is 0. The standard InChI is InChI=1S/C9H14N4O2S/c1-6(2-5-14)16-9-7(8(10)13-15)11-3-4-12-9/h3-4,6,14-15H,2,5H2,1H3,(H2,10,13). The van der Waals surface area contributed by atoms with Crippen molar-refractivity contribution in [3.8, 4) is 0 Å². The van der Waals surface area contributed by atoms with Crippen LogP contribution in [0.1, 0.15) is 19.0 Å². The molecule has 1 aromatic heterocycles. The van der Waals surface area contributed by atoms with Crippen molar-refractivity contribution in [1.82, 2.24) is 9.97 Å². The largest absolute Gasteiger partial charge is 0.409 e. The number of aromatic nitrogens is 2. The molecule has 0 aliphatic carbocycles. The van der Waals surface area contributed by atoms with Crippen LogP contribution in [0.2, 0.25) is 0 Å². The first-order chi connectivity index (χ1) is 7.69. The summed E-state index contributed by atoms with van der Waals surface area (Å²) in [6.07, 6.45) is 3.67. The normalized spacial score (nSPS) is 13.8. The van der Waals surface area contributed by atoms with E-state index < -0.39 is 0 Å². The van der Waals surface area contributed by atoms with Gasteiger partial charge in [-0.25, -0.2) is 9.97 Å². The lowest BCUT2D eigenvalue weighted by Gasteiger charge is -2.10. The summed E-state index contributed by atoms with van der Waals surface area (Å²) in [6.45, 7) is 2.08. The fourth-order valence-corrected chi connectivity index (χ4v) is 2.06. The van der Waals surface area contributed by atoms with Gasteiger partial charge in [0.15, 0.2) is 5.84 Å². The number of thioether (sulfide) groups is 1. The maximum Gasteiger partial charge on any atom is 0.191 e. The van der Waals surface area contributed by atoms with E-state index >= 15 is 0 Å². The summed E-state index contributed by atoms with van der Waals surface area (Å²) in [5.74, 6) is -0.0631. The first-order valence-electron chi connectivity index (χ1n) is 4.75. The molecule has 1 atom stereocenters. The molecule has 16 heavy (non-hydrogen) atoms. The van der Waals surface area contributed by atoms with Crippen LogP contribution in [0.5, 0.6) is 0 Å². The van der Waals surface area contributed by atoms with Gasteiger partial charge in [-0.05, 0) is 6.42 Å². The first-order valence-corrected chi connectivity index (χ1v) is 5.63. The Labute approximate surface area is 97.6 Å². The molecule has 0 aliphatic heterocycles. The fourth-order valence-electron chi connectivity index (χ4n) is 1.07. The van der Waals surface area contributed by atoms with E-state index in [1.54, 1.807) is 6.20 Å². The van der Waals surface area contributed by atoms with E-state index in [0.717, 1.165) is 0 Å². The number of oxime groups is 1. The van der Waals surface area contributed by atoms with Gasteiger partial charge in [0, 0.05) is 24.3 Å². The lowest BCUT2D eigenvalue weighted by molar-refractivity contribution is 0.289. The van der Waals surface area contributed by atoms with Crippen LogP contribution < -0.4 is 5.73 Å². The van der Waals surface area contributed by atoms with Crippen molar-refractivity contribution in [3.05, 3.63) is 18.1 Å². The van der Waals surface area contributed by atoms with Crippen LogP contribution in [0.4, 0.5) is 0 Å². The molecular formula is C9H14N4O2S. The quantitative estimate of drug-likeness (QED) is 0.227. The molecule has 6 nitrogen and oxygen atoms in total. The van der Waals surface area contributed by atoms with E-state index in [9.17, 15) is 0 Å². The van der Waals surface area contributed by atoms with Crippen LogP contribution >= 0.6 is 11.8 Å². The van der Waals surface area contributed by atoms with Crippen LogP contribution in [-0.2, 0) is 0 Å². The number of rotatable bonds is 5. The Balaban J connectivity index is 2.87. The maximum absolute atomic E-state index is 8.80. The number of nitrogens with zero attached hydrogens (tertiary/aromatic N) is 3. The topological polar surface area (TPSA) is 105 Å². The van der Waals surface area contributed by atoms with Gasteiger partial charge >= 0.3 is 0 Å². The van der Waals surface area contributed by atoms with Crippen molar-refractivity contribution >= 4 is 17.6 Å². The van der Waals surface area contributed by atoms with Crippen LogP contribution in [0.3, 0.4) is 0 Å². The van der Waals surface area contributed by atoms with Crippen molar-refractivity contribution < 1.29 is 10.3 Å². The highest BCUT2D eigenvalue weighted by Gasteiger charge is 2.13. The minimum atomic E-state index is -0.0631. The van der Waals surface area contributed by atoms with Crippen molar-refractivity contribution in [2.24, 2.45) is 10.9 Å². The fraction of sp³-hybridized carbons (Fsp3) is 0.444. The molecule has 0 saturated carbocycles. The zero-order valence-corrected chi connectivity index (χ0v) is 9.68. The molecule has 0 aromatic carbocycles. The Kier molecular flexibility index (Phi) is 5.00. The van der Waals surface area contributed by atoms with Gasteiger partial charge in [0.2, 0.25) is 0 Å². The molecule has 1 heterocycles. The third-order valence-electron chi connectivity index (χ3n) is 1.86. The number of aliphatic hydroxyl groups excluding tert-OH is 1. The molecule has 7 heteroatoms. The SMILES string of the molecule is CC(CCO)Sc1nccnc1C(N)=NO. The third-order valence-corrected chi connectivity index (χ3v) is 3.02. The number of hydrogen-bond acceptors (Lipinski definition) is 6. The molecule has 0 bridgehead atoms.